The monoisotopic (exact) mass is 296 g/mol. The van der Waals surface area contributed by atoms with E-state index >= 15 is 0 Å². The van der Waals surface area contributed by atoms with Gasteiger partial charge in [0.15, 0.2) is 6.61 Å². The first-order valence-electron chi connectivity index (χ1n) is 7.23. The molecule has 0 aromatic rings. The van der Waals surface area contributed by atoms with Crippen LogP contribution in [0.1, 0.15) is 52.4 Å². The van der Waals surface area contributed by atoms with Gasteiger partial charge < -0.3 is 10.1 Å². The van der Waals surface area contributed by atoms with Gasteiger partial charge in [-0.3, -0.25) is 14.9 Å². The smallest absolute Gasteiger partial charge is 0.414 e. The quantitative estimate of drug-likeness (QED) is 0.501. The van der Waals surface area contributed by atoms with Crippen LogP contribution in [0.25, 0.3) is 0 Å². The summed E-state index contributed by atoms with van der Waals surface area (Å²) in [6, 6.07) is 0. The number of hydrogen-bond donors (Lipinski definition) is 2. The maximum absolute atomic E-state index is 11.4. The molecule has 0 aliphatic heterocycles. The minimum absolute atomic E-state index is 0.0184. The van der Waals surface area contributed by atoms with Gasteiger partial charge in [-0.15, -0.1) is 5.92 Å². The van der Waals surface area contributed by atoms with Crippen molar-refractivity contribution in [3.63, 3.8) is 0 Å². The molecular formula is C15H24N2O4. The fourth-order valence-electron chi connectivity index (χ4n) is 1.60. The zero-order valence-corrected chi connectivity index (χ0v) is 12.8. The van der Waals surface area contributed by atoms with Crippen molar-refractivity contribution in [3.8, 4) is 11.8 Å². The first kappa shape index (κ1) is 19.0. The second kappa shape index (κ2) is 13.0. The number of alkyl carbamates (subject to hydrolysis) is 1. The van der Waals surface area contributed by atoms with E-state index in [0.717, 1.165) is 19.3 Å². The Morgan fingerprint density at radius 3 is 2.19 bits per heavy atom. The first-order valence-corrected chi connectivity index (χ1v) is 7.23. The van der Waals surface area contributed by atoms with Crippen LogP contribution >= 0.6 is 0 Å². The molecule has 6 heteroatoms. The summed E-state index contributed by atoms with van der Waals surface area (Å²) < 4.78 is 4.66. The molecule has 2 N–H and O–H groups in total. The fourth-order valence-corrected chi connectivity index (χ4v) is 1.60. The fraction of sp³-hybridized carbons (Fsp3) is 0.667. The summed E-state index contributed by atoms with van der Waals surface area (Å²) in [5.74, 6) is 4.85. The molecule has 0 fully saturated rings. The molecule has 0 aliphatic rings. The van der Waals surface area contributed by atoms with Crippen LogP contribution in [0.5, 0.6) is 0 Å². The highest BCUT2D eigenvalue weighted by Crippen LogP contribution is 2.05. The number of carbonyl (C=O) groups excluding carboxylic acids is 3. The summed E-state index contributed by atoms with van der Waals surface area (Å²) in [4.78, 5) is 33.7. The Morgan fingerprint density at radius 1 is 1.00 bits per heavy atom. The van der Waals surface area contributed by atoms with Crippen LogP contribution in [-0.2, 0) is 14.3 Å². The van der Waals surface area contributed by atoms with E-state index in [0.29, 0.717) is 19.4 Å². The van der Waals surface area contributed by atoms with Crippen molar-refractivity contribution in [2.45, 2.75) is 52.4 Å². The maximum atomic E-state index is 11.4. The molecule has 0 saturated carbocycles. The van der Waals surface area contributed by atoms with Crippen LogP contribution in [0, 0.1) is 11.8 Å². The van der Waals surface area contributed by atoms with E-state index in [1.807, 2.05) is 6.92 Å². The molecule has 0 saturated heterocycles. The molecule has 0 unspecified atom stereocenters. The molecule has 118 valence electrons. The highest BCUT2D eigenvalue weighted by Gasteiger charge is 2.07. The minimum Gasteiger partial charge on any atom is -0.436 e. The van der Waals surface area contributed by atoms with E-state index in [1.165, 1.54) is 0 Å². The van der Waals surface area contributed by atoms with Gasteiger partial charge in [0.05, 0.1) is 0 Å². The summed E-state index contributed by atoms with van der Waals surface area (Å²) in [6.07, 6.45) is 3.26. The Labute approximate surface area is 126 Å². The molecule has 21 heavy (non-hydrogen) atoms. The SMILES string of the molecule is CC#CCOC(=O)NC(=O)CCCCCCC(=O)NCC. The summed E-state index contributed by atoms with van der Waals surface area (Å²) in [5.41, 5.74) is 0. The number of hydrogen-bond acceptors (Lipinski definition) is 4. The highest BCUT2D eigenvalue weighted by atomic mass is 16.5. The lowest BCUT2D eigenvalue weighted by molar-refractivity contribution is -0.121. The Hall–Kier alpha value is -2.03. The molecule has 3 amide bonds. The van der Waals surface area contributed by atoms with Crippen molar-refractivity contribution in [1.29, 1.82) is 0 Å². The van der Waals surface area contributed by atoms with E-state index in [9.17, 15) is 14.4 Å². The molecule has 0 rings (SSSR count). The molecule has 0 spiro atoms. The molecule has 0 aromatic heterocycles. The van der Waals surface area contributed by atoms with E-state index < -0.39 is 6.09 Å². The van der Waals surface area contributed by atoms with E-state index in [4.69, 9.17) is 0 Å². The van der Waals surface area contributed by atoms with Gasteiger partial charge in [0.1, 0.15) is 0 Å². The lowest BCUT2D eigenvalue weighted by Gasteiger charge is -2.04. The lowest BCUT2D eigenvalue weighted by atomic mass is 10.1. The highest BCUT2D eigenvalue weighted by molar-refractivity contribution is 5.91. The number of imide groups is 1. The van der Waals surface area contributed by atoms with E-state index in [-0.39, 0.29) is 24.8 Å². The molecule has 0 bridgehead atoms. The van der Waals surface area contributed by atoms with Crippen LogP contribution in [-0.4, -0.2) is 31.1 Å². The van der Waals surface area contributed by atoms with Gasteiger partial charge in [0.25, 0.3) is 0 Å². The third-order valence-corrected chi connectivity index (χ3v) is 2.63. The minimum atomic E-state index is -0.765. The summed E-state index contributed by atoms with van der Waals surface area (Å²) in [6.45, 7) is 4.16. The van der Waals surface area contributed by atoms with Gasteiger partial charge in [-0.1, -0.05) is 18.8 Å². The zero-order valence-electron chi connectivity index (χ0n) is 12.8. The number of carbonyl (C=O) groups is 3. The second-order valence-corrected chi connectivity index (χ2v) is 4.42. The van der Waals surface area contributed by atoms with Crippen LogP contribution in [0.3, 0.4) is 0 Å². The standard InChI is InChI=1S/C15H24N2O4/c1-3-5-12-21-15(20)17-14(19)11-9-7-6-8-10-13(18)16-4-2/h4,6-12H2,1-2H3,(H,16,18)(H,17,19,20). The van der Waals surface area contributed by atoms with Crippen molar-refractivity contribution in [1.82, 2.24) is 10.6 Å². The topological polar surface area (TPSA) is 84.5 Å². The van der Waals surface area contributed by atoms with Gasteiger partial charge in [-0.2, -0.15) is 0 Å². The number of ether oxygens (including phenoxy) is 1. The molecule has 0 radical (unpaired) electrons. The van der Waals surface area contributed by atoms with Crippen molar-refractivity contribution in [2.24, 2.45) is 0 Å². The van der Waals surface area contributed by atoms with E-state index in [2.05, 4.69) is 27.2 Å². The first-order chi connectivity index (χ1) is 10.1. The molecule has 0 aromatic carbocycles. The van der Waals surface area contributed by atoms with Crippen LogP contribution < -0.4 is 10.6 Å². The van der Waals surface area contributed by atoms with Gasteiger partial charge in [0, 0.05) is 19.4 Å². The van der Waals surface area contributed by atoms with Gasteiger partial charge in [-0.25, -0.2) is 4.79 Å². The summed E-state index contributed by atoms with van der Waals surface area (Å²) >= 11 is 0. The molecule has 0 atom stereocenters. The molecular weight excluding hydrogens is 272 g/mol. The molecule has 0 aliphatic carbocycles. The van der Waals surface area contributed by atoms with Gasteiger partial charge in [-0.05, 0) is 26.7 Å². The second-order valence-electron chi connectivity index (χ2n) is 4.42. The summed E-state index contributed by atoms with van der Waals surface area (Å²) in [5, 5.41) is 4.87. The summed E-state index contributed by atoms with van der Waals surface area (Å²) in [7, 11) is 0. The number of amides is 3. The third-order valence-electron chi connectivity index (χ3n) is 2.63. The predicted molar refractivity (Wildman–Crippen MR) is 79.3 cm³/mol. The van der Waals surface area contributed by atoms with Crippen molar-refractivity contribution >= 4 is 17.9 Å². The number of unbranched alkanes of at least 4 members (excludes halogenated alkanes) is 3. The van der Waals surface area contributed by atoms with Crippen molar-refractivity contribution in [3.05, 3.63) is 0 Å². The van der Waals surface area contributed by atoms with Crippen molar-refractivity contribution < 1.29 is 19.1 Å². The van der Waals surface area contributed by atoms with Gasteiger partial charge >= 0.3 is 6.09 Å². The Kier molecular flexibility index (Phi) is 11.7. The van der Waals surface area contributed by atoms with Gasteiger partial charge in [0.2, 0.25) is 11.8 Å². The van der Waals surface area contributed by atoms with Crippen LogP contribution in [0.4, 0.5) is 4.79 Å². The average molecular weight is 296 g/mol. The van der Waals surface area contributed by atoms with Crippen LogP contribution in [0.2, 0.25) is 0 Å². The Bertz CT molecular complexity index is 396. The number of nitrogens with one attached hydrogen (secondary N) is 2. The normalized spacial score (nSPS) is 9.24. The zero-order chi connectivity index (χ0) is 15.9. The van der Waals surface area contributed by atoms with Crippen LogP contribution in [0.15, 0.2) is 0 Å². The number of rotatable bonds is 9. The van der Waals surface area contributed by atoms with Crippen molar-refractivity contribution in [2.75, 3.05) is 13.2 Å². The average Bonchev–Trinajstić information content (AvgIpc) is 2.43. The maximum Gasteiger partial charge on any atom is 0.414 e. The lowest BCUT2D eigenvalue weighted by Crippen LogP contribution is -2.30. The predicted octanol–water partition coefficient (Wildman–Crippen LogP) is 1.74. The molecule has 6 nitrogen and oxygen atoms in total. The Balaban J connectivity index is 3.50. The largest absolute Gasteiger partial charge is 0.436 e. The molecule has 0 heterocycles. The Morgan fingerprint density at radius 2 is 1.62 bits per heavy atom. The van der Waals surface area contributed by atoms with E-state index in [1.54, 1.807) is 6.92 Å². The third kappa shape index (κ3) is 12.7.